The van der Waals surface area contributed by atoms with Crippen molar-refractivity contribution in [3.63, 3.8) is 0 Å². The molecule has 0 unspecified atom stereocenters. The highest BCUT2D eigenvalue weighted by molar-refractivity contribution is 9.10. The molecule has 0 spiro atoms. The standard InChI is InChI=1S/C12H15BrN4O/c1-16-5-8(6-16)7-17-12-9(13)3-4-10(18-2)11(12)14-15-17/h3-4,8H,5-7H2,1-2H3. The van der Waals surface area contributed by atoms with Crippen LogP contribution in [0.2, 0.25) is 0 Å². The maximum atomic E-state index is 5.31. The zero-order chi connectivity index (χ0) is 12.7. The van der Waals surface area contributed by atoms with Gasteiger partial charge in [0.1, 0.15) is 11.3 Å². The number of benzene rings is 1. The third kappa shape index (κ3) is 1.89. The highest BCUT2D eigenvalue weighted by Gasteiger charge is 2.25. The molecule has 2 aromatic rings. The maximum Gasteiger partial charge on any atom is 0.156 e. The molecule has 3 rings (SSSR count). The van der Waals surface area contributed by atoms with Crippen LogP contribution in [0.5, 0.6) is 5.75 Å². The van der Waals surface area contributed by atoms with Gasteiger partial charge in [-0.25, -0.2) is 4.68 Å². The van der Waals surface area contributed by atoms with Crippen molar-refractivity contribution < 1.29 is 4.74 Å². The normalized spacial score (nSPS) is 17.1. The van der Waals surface area contributed by atoms with Crippen LogP contribution in [0.3, 0.4) is 0 Å². The van der Waals surface area contributed by atoms with Crippen molar-refractivity contribution in [3.8, 4) is 5.75 Å². The number of likely N-dealkylation sites (tertiary alicyclic amines) is 1. The van der Waals surface area contributed by atoms with Crippen molar-refractivity contribution >= 4 is 27.0 Å². The lowest BCUT2D eigenvalue weighted by molar-refractivity contribution is 0.116. The van der Waals surface area contributed by atoms with Crippen molar-refractivity contribution in [2.45, 2.75) is 6.54 Å². The lowest BCUT2D eigenvalue weighted by Crippen LogP contribution is -2.45. The molecule has 96 valence electrons. The van der Waals surface area contributed by atoms with E-state index in [0.717, 1.165) is 40.9 Å². The second kappa shape index (κ2) is 4.51. The lowest BCUT2D eigenvalue weighted by atomic mass is 10.0. The Labute approximate surface area is 114 Å². The van der Waals surface area contributed by atoms with Crippen molar-refractivity contribution in [2.75, 3.05) is 27.2 Å². The number of methoxy groups -OCH3 is 1. The molecule has 1 aromatic heterocycles. The first-order valence-corrected chi connectivity index (χ1v) is 6.72. The van der Waals surface area contributed by atoms with Gasteiger partial charge in [0.15, 0.2) is 5.52 Å². The summed E-state index contributed by atoms with van der Waals surface area (Å²) in [5, 5.41) is 8.47. The molecular weight excluding hydrogens is 296 g/mol. The van der Waals surface area contributed by atoms with E-state index in [0.29, 0.717) is 5.92 Å². The van der Waals surface area contributed by atoms with Crippen LogP contribution in [0.15, 0.2) is 16.6 Å². The van der Waals surface area contributed by atoms with E-state index in [-0.39, 0.29) is 0 Å². The molecule has 1 aliphatic heterocycles. The Bertz CT molecular complexity index is 577. The minimum atomic E-state index is 0.665. The summed E-state index contributed by atoms with van der Waals surface area (Å²) in [6.07, 6.45) is 0. The molecule has 0 bridgehead atoms. The van der Waals surface area contributed by atoms with Crippen LogP contribution in [-0.2, 0) is 6.54 Å². The van der Waals surface area contributed by atoms with Crippen LogP contribution in [0.4, 0.5) is 0 Å². The fourth-order valence-corrected chi connectivity index (χ4v) is 3.03. The third-order valence-electron chi connectivity index (χ3n) is 3.37. The van der Waals surface area contributed by atoms with Gasteiger partial charge in [-0.2, -0.15) is 0 Å². The first-order valence-electron chi connectivity index (χ1n) is 5.93. The van der Waals surface area contributed by atoms with E-state index < -0.39 is 0 Å². The first-order chi connectivity index (χ1) is 8.69. The van der Waals surface area contributed by atoms with Crippen LogP contribution in [-0.4, -0.2) is 47.1 Å². The van der Waals surface area contributed by atoms with Crippen LogP contribution >= 0.6 is 15.9 Å². The fraction of sp³-hybridized carbons (Fsp3) is 0.500. The molecule has 1 aromatic carbocycles. The maximum absolute atomic E-state index is 5.31. The SMILES string of the molecule is COc1ccc(Br)c2c1nnn2CC1CN(C)C1. The predicted octanol–water partition coefficient (Wildman–Crippen LogP) is 1.76. The zero-order valence-electron chi connectivity index (χ0n) is 10.4. The quantitative estimate of drug-likeness (QED) is 0.866. The summed E-state index contributed by atoms with van der Waals surface area (Å²) >= 11 is 3.57. The number of aromatic nitrogens is 3. The molecule has 0 amide bonds. The van der Waals surface area contributed by atoms with Gasteiger partial charge in [0.2, 0.25) is 0 Å². The summed E-state index contributed by atoms with van der Waals surface area (Å²) < 4.78 is 8.30. The Morgan fingerprint density at radius 2 is 2.22 bits per heavy atom. The molecule has 1 fully saturated rings. The topological polar surface area (TPSA) is 43.2 Å². The Morgan fingerprint density at radius 3 is 2.89 bits per heavy atom. The van der Waals surface area contributed by atoms with E-state index in [1.165, 1.54) is 0 Å². The molecule has 5 nitrogen and oxygen atoms in total. The number of ether oxygens (including phenoxy) is 1. The number of fused-ring (bicyclic) bond motifs is 1. The molecule has 1 aliphatic rings. The molecule has 0 atom stereocenters. The predicted molar refractivity (Wildman–Crippen MR) is 72.8 cm³/mol. The molecule has 6 heteroatoms. The van der Waals surface area contributed by atoms with Gasteiger partial charge < -0.3 is 9.64 Å². The second-order valence-electron chi connectivity index (χ2n) is 4.81. The monoisotopic (exact) mass is 310 g/mol. The zero-order valence-corrected chi connectivity index (χ0v) is 12.0. The third-order valence-corrected chi connectivity index (χ3v) is 4.01. The molecule has 0 radical (unpaired) electrons. The van der Waals surface area contributed by atoms with E-state index in [1.807, 2.05) is 16.8 Å². The van der Waals surface area contributed by atoms with Gasteiger partial charge in [0.25, 0.3) is 0 Å². The van der Waals surface area contributed by atoms with Gasteiger partial charge in [-0.15, -0.1) is 5.10 Å². The van der Waals surface area contributed by atoms with Crippen molar-refractivity contribution in [2.24, 2.45) is 5.92 Å². The summed E-state index contributed by atoms with van der Waals surface area (Å²) in [5.74, 6) is 1.43. The van der Waals surface area contributed by atoms with E-state index in [9.17, 15) is 0 Å². The first kappa shape index (κ1) is 11.9. The van der Waals surface area contributed by atoms with Crippen molar-refractivity contribution in [1.82, 2.24) is 19.9 Å². The summed E-state index contributed by atoms with van der Waals surface area (Å²) in [6, 6.07) is 3.89. The van der Waals surface area contributed by atoms with Gasteiger partial charge in [-0.3, -0.25) is 0 Å². The average molecular weight is 311 g/mol. The molecule has 0 N–H and O–H groups in total. The van der Waals surface area contributed by atoms with Gasteiger partial charge in [-0.05, 0) is 35.1 Å². The molecule has 18 heavy (non-hydrogen) atoms. The highest BCUT2D eigenvalue weighted by atomic mass is 79.9. The number of halogens is 1. The smallest absolute Gasteiger partial charge is 0.156 e. The van der Waals surface area contributed by atoms with Crippen LogP contribution in [0.1, 0.15) is 0 Å². The number of hydrogen-bond donors (Lipinski definition) is 0. The van der Waals surface area contributed by atoms with Gasteiger partial charge >= 0.3 is 0 Å². The Balaban J connectivity index is 1.97. The lowest BCUT2D eigenvalue weighted by Gasteiger charge is -2.35. The highest BCUT2D eigenvalue weighted by Crippen LogP contribution is 2.30. The van der Waals surface area contributed by atoms with E-state index in [2.05, 4.69) is 38.2 Å². The Kier molecular flexibility index (Phi) is 2.99. The van der Waals surface area contributed by atoms with Gasteiger partial charge in [-0.1, -0.05) is 5.21 Å². The van der Waals surface area contributed by atoms with E-state index in [4.69, 9.17) is 4.74 Å². The van der Waals surface area contributed by atoms with Gasteiger partial charge in [0, 0.05) is 30.0 Å². The molecule has 0 saturated carbocycles. The minimum absolute atomic E-state index is 0.665. The summed E-state index contributed by atoms with van der Waals surface area (Å²) in [6.45, 7) is 3.17. The molecule has 2 heterocycles. The summed E-state index contributed by atoms with van der Waals surface area (Å²) in [4.78, 5) is 2.30. The van der Waals surface area contributed by atoms with Crippen LogP contribution in [0.25, 0.3) is 11.0 Å². The van der Waals surface area contributed by atoms with Gasteiger partial charge in [0.05, 0.1) is 7.11 Å². The van der Waals surface area contributed by atoms with Crippen molar-refractivity contribution in [3.05, 3.63) is 16.6 Å². The molecule has 0 aliphatic carbocycles. The largest absolute Gasteiger partial charge is 0.494 e. The fourth-order valence-electron chi connectivity index (χ4n) is 2.50. The Hall–Kier alpha value is -1.14. The molecule has 1 saturated heterocycles. The summed E-state index contributed by atoms with van der Waals surface area (Å²) in [7, 11) is 3.79. The number of nitrogens with zero attached hydrogens (tertiary/aromatic N) is 4. The van der Waals surface area contributed by atoms with Crippen molar-refractivity contribution in [1.29, 1.82) is 0 Å². The molecular formula is C12H15BrN4O. The van der Waals surface area contributed by atoms with E-state index >= 15 is 0 Å². The second-order valence-corrected chi connectivity index (χ2v) is 5.66. The van der Waals surface area contributed by atoms with E-state index in [1.54, 1.807) is 7.11 Å². The van der Waals surface area contributed by atoms with Crippen LogP contribution in [0, 0.1) is 5.92 Å². The summed E-state index contributed by atoms with van der Waals surface area (Å²) in [5.41, 5.74) is 1.84. The average Bonchev–Trinajstić information content (AvgIpc) is 2.73. The minimum Gasteiger partial charge on any atom is -0.494 e. The Morgan fingerprint density at radius 1 is 1.44 bits per heavy atom. The number of hydrogen-bond acceptors (Lipinski definition) is 4. The number of rotatable bonds is 3. The van der Waals surface area contributed by atoms with Crippen LogP contribution < -0.4 is 4.74 Å².